The van der Waals surface area contributed by atoms with Crippen LogP contribution in [0.5, 0.6) is 5.75 Å². The number of nitrogen functional groups attached to an aromatic ring is 1. The first-order chi connectivity index (χ1) is 10.2. The van der Waals surface area contributed by atoms with Crippen LogP contribution in [0.2, 0.25) is 0 Å². The van der Waals surface area contributed by atoms with Gasteiger partial charge >= 0.3 is 0 Å². The third-order valence-electron chi connectivity index (χ3n) is 3.40. The number of hydrogen-bond acceptors (Lipinski definition) is 3. The Morgan fingerprint density at radius 2 is 1.76 bits per heavy atom. The van der Waals surface area contributed by atoms with E-state index in [2.05, 4.69) is 24.2 Å². The van der Waals surface area contributed by atoms with Crippen molar-refractivity contribution >= 4 is 5.82 Å². The molecule has 0 saturated carbocycles. The Labute approximate surface area is 123 Å². The van der Waals surface area contributed by atoms with Gasteiger partial charge in [0.25, 0.3) is 0 Å². The first kappa shape index (κ1) is 13.2. The van der Waals surface area contributed by atoms with Crippen molar-refractivity contribution in [3.05, 3.63) is 60.2 Å². The quantitative estimate of drug-likeness (QED) is 0.799. The Morgan fingerprint density at radius 1 is 1.05 bits per heavy atom. The molecule has 0 aliphatic rings. The third-order valence-corrected chi connectivity index (χ3v) is 3.40. The number of nitrogens with zero attached hydrogens (tertiary/aromatic N) is 2. The van der Waals surface area contributed by atoms with Crippen LogP contribution >= 0.6 is 0 Å². The molecule has 0 aliphatic heterocycles. The first-order valence-corrected chi connectivity index (χ1v) is 6.75. The number of hydrogen-bond donors (Lipinski definition) is 1. The summed E-state index contributed by atoms with van der Waals surface area (Å²) in [5, 5.41) is 4.60. The van der Waals surface area contributed by atoms with Crippen LogP contribution in [-0.2, 0) is 0 Å². The molecular formula is C17H17N3O. The maximum Gasteiger partial charge on any atom is 0.144 e. The lowest BCUT2D eigenvalue weighted by atomic mass is 10.1. The van der Waals surface area contributed by atoms with Crippen molar-refractivity contribution in [1.29, 1.82) is 0 Å². The lowest BCUT2D eigenvalue weighted by Gasteiger charge is -2.09. The Morgan fingerprint density at radius 3 is 2.48 bits per heavy atom. The van der Waals surface area contributed by atoms with Gasteiger partial charge in [0.05, 0.1) is 12.8 Å². The molecule has 2 N–H and O–H groups in total. The van der Waals surface area contributed by atoms with Crippen LogP contribution in [0.25, 0.3) is 16.9 Å². The number of anilines is 1. The van der Waals surface area contributed by atoms with E-state index in [-0.39, 0.29) is 0 Å². The normalized spacial score (nSPS) is 10.6. The lowest BCUT2D eigenvalue weighted by Crippen LogP contribution is -2.03. The van der Waals surface area contributed by atoms with Gasteiger partial charge in [-0.25, -0.2) is 4.68 Å². The number of rotatable bonds is 3. The molecule has 0 fully saturated rings. The van der Waals surface area contributed by atoms with Gasteiger partial charge in [0.2, 0.25) is 0 Å². The van der Waals surface area contributed by atoms with Gasteiger partial charge in [-0.2, -0.15) is 5.10 Å². The molecule has 0 saturated heterocycles. The molecule has 1 heterocycles. The highest BCUT2D eigenvalue weighted by Gasteiger charge is 2.12. The molecule has 0 bridgehead atoms. The van der Waals surface area contributed by atoms with Crippen LogP contribution < -0.4 is 10.5 Å². The smallest absolute Gasteiger partial charge is 0.144 e. The van der Waals surface area contributed by atoms with Crippen molar-refractivity contribution in [1.82, 2.24) is 9.78 Å². The largest absolute Gasteiger partial charge is 0.494 e. The van der Waals surface area contributed by atoms with Crippen LogP contribution in [0.4, 0.5) is 5.82 Å². The van der Waals surface area contributed by atoms with Gasteiger partial charge in [0.1, 0.15) is 17.3 Å². The minimum atomic E-state index is 0.579. The van der Waals surface area contributed by atoms with Gasteiger partial charge in [-0.15, -0.1) is 0 Å². The Kier molecular flexibility index (Phi) is 3.36. The van der Waals surface area contributed by atoms with Gasteiger partial charge in [0, 0.05) is 11.6 Å². The van der Waals surface area contributed by atoms with Crippen LogP contribution in [-0.4, -0.2) is 16.9 Å². The van der Waals surface area contributed by atoms with Crippen molar-refractivity contribution < 1.29 is 4.74 Å². The second kappa shape index (κ2) is 5.32. The number of nitrogens with two attached hydrogens (primary N) is 1. The van der Waals surface area contributed by atoms with Crippen LogP contribution in [0.15, 0.2) is 54.6 Å². The Balaban J connectivity index is 2.07. The van der Waals surface area contributed by atoms with Gasteiger partial charge in [-0.05, 0) is 19.1 Å². The fourth-order valence-electron chi connectivity index (χ4n) is 2.26. The van der Waals surface area contributed by atoms with E-state index in [1.165, 1.54) is 5.56 Å². The molecule has 2 aromatic carbocycles. The monoisotopic (exact) mass is 279 g/mol. The number of ether oxygens (including phenoxy) is 1. The average molecular weight is 279 g/mol. The molecule has 0 atom stereocenters. The molecule has 4 nitrogen and oxygen atoms in total. The van der Waals surface area contributed by atoms with Gasteiger partial charge < -0.3 is 10.5 Å². The zero-order chi connectivity index (χ0) is 14.8. The van der Waals surface area contributed by atoms with E-state index in [0.29, 0.717) is 5.82 Å². The van der Waals surface area contributed by atoms with E-state index in [1.807, 2.05) is 42.5 Å². The summed E-state index contributed by atoms with van der Waals surface area (Å²) < 4.78 is 7.07. The summed E-state index contributed by atoms with van der Waals surface area (Å²) in [6, 6.07) is 17.8. The van der Waals surface area contributed by atoms with Crippen molar-refractivity contribution in [2.45, 2.75) is 6.92 Å². The summed E-state index contributed by atoms with van der Waals surface area (Å²) in [6.07, 6.45) is 0. The second-order valence-corrected chi connectivity index (χ2v) is 4.90. The topological polar surface area (TPSA) is 53.1 Å². The zero-order valence-electron chi connectivity index (χ0n) is 12.1. The zero-order valence-corrected chi connectivity index (χ0v) is 12.1. The SMILES string of the molecule is COc1ccccc1-n1nc(-c2ccc(C)cc2)cc1N. The highest BCUT2D eigenvalue weighted by molar-refractivity contribution is 5.64. The lowest BCUT2D eigenvalue weighted by molar-refractivity contribution is 0.412. The number of aryl methyl sites for hydroxylation is 1. The molecule has 0 unspecified atom stereocenters. The Bertz CT molecular complexity index is 760. The maximum absolute atomic E-state index is 6.11. The second-order valence-electron chi connectivity index (χ2n) is 4.90. The predicted molar refractivity (Wildman–Crippen MR) is 84.7 cm³/mol. The molecule has 0 radical (unpaired) electrons. The summed E-state index contributed by atoms with van der Waals surface area (Å²) >= 11 is 0. The maximum atomic E-state index is 6.11. The van der Waals surface area contributed by atoms with E-state index >= 15 is 0 Å². The van der Waals surface area contributed by atoms with E-state index in [4.69, 9.17) is 10.5 Å². The molecular weight excluding hydrogens is 262 g/mol. The molecule has 1 aromatic heterocycles. The van der Waals surface area contributed by atoms with Crippen LogP contribution in [0.3, 0.4) is 0 Å². The number of benzene rings is 2. The third kappa shape index (κ3) is 2.48. The molecule has 0 spiro atoms. The van der Waals surface area contributed by atoms with Crippen LogP contribution in [0, 0.1) is 6.92 Å². The fourth-order valence-corrected chi connectivity index (χ4v) is 2.26. The minimum Gasteiger partial charge on any atom is -0.494 e. The van der Waals surface area contributed by atoms with E-state index in [0.717, 1.165) is 22.7 Å². The highest BCUT2D eigenvalue weighted by atomic mass is 16.5. The average Bonchev–Trinajstić information content (AvgIpc) is 2.89. The highest BCUT2D eigenvalue weighted by Crippen LogP contribution is 2.27. The molecule has 3 aromatic rings. The molecule has 0 amide bonds. The van der Waals surface area contributed by atoms with E-state index in [1.54, 1.807) is 11.8 Å². The van der Waals surface area contributed by atoms with Crippen molar-refractivity contribution in [3.63, 3.8) is 0 Å². The first-order valence-electron chi connectivity index (χ1n) is 6.75. The molecule has 3 rings (SSSR count). The van der Waals surface area contributed by atoms with E-state index in [9.17, 15) is 0 Å². The minimum absolute atomic E-state index is 0.579. The summed E-state index contributed by atoms with van der Waals surface area (Å²) in [7, 11) is 1.64. The predicted octanol–water partition coefficient (Wildman–Crippen LogP) is 3.44. The van der Waals surface area contributed by atoms with Crippen molar-refractivity contribution in [2.75, 3.05) is 12.8 Å². The molecule has 0 aliphatic carbocycles. The summed E-state index contributed by atoms with van der Waals surface area (Å²) in [6.45, 7) is 2.06. The van der Waals surface area contributed by atoms with Crippen LogP contribution in [0.1, 0.15) is 5.56 Å². The summed E-state index contributed by atoms with van der Waals surface area (Å²) in [5.41, 5.74) is 10.0. The molecule has 21 heavy (non-hydrogen) atoms. The Hall–Kier alpha value is -2.75. The fraction of sp³-hybridized carbons (Fsp3) is 0.118. The standard InChI is InChI=1S/C17H17N3O/c1-12-7-9-13(10-8-12)14-11-17(18)20(19-14)15-5-3-4-6-16(15)21-2/h3-11H,18H2,1-2H3. The summed E-state index contributed by atoms with van der Waals surface area (Å²) in [5.74, 6) is 1.32. The molecule has 4 heteroatoms. The van der Waals surface area contributed by atoms with E-state index < -0.39 is 0 Å². The van der Waals surface area contributed by atoms with Crippen molar-refractivity contribution in [3.8, 4) is 22.7 Å². The number of methoxy groups -OCH3 is 1. The number of aromatic nitrogens is 2. The van der Waals surface area contributed by atoms with Gasteiger partial charge in [-0.1, -0.05) is 42.0 Å². The number of para-hydroxylation sites is 2. The van der Waals surface area contributed by atoms with Gasteiger partial charge in [0.15, 0.2) is 0 Å². The summed E-state index contributed by atoms with van der Waals surface area (Å²) in [4.78, 5) is 0. The van der Waals surface area contributed by atoms with Gasteiger partial charge in [-0.3, -0.25) is 0 Å². The molecule has 106 valence electrons. The van der Waals surface area contributed by atoms with Crippen molar-refractivity contribution in [2.24, 2.45) is 0 Å².